The molecular weight excluding hydrogens is 300 g/mol. The molecule has 1 saturated heterocycles. The van der Waals surface area contributed by atoms with E-state index in [0.717, 1.165) is 22.9 Å². The van der Waals surface area contributed by atoms with Gasteiger partial charge in [0.05, 0.1) is 6.04 Å². The zero-order valence-corrected chi connectivity index (χ0v) is 13.1. The number of nitrogens with two attached hydrogens (primary N) is 1. The normalized spacial score (nSPS) is 29.6. The van der Waals surface area contributed by atoms with Crippen LogP contribution in [-0.2, 0) is 0 Å². The highest BCUT2D eigenvalue weighted by Crippen LogP contribution is 2.43. The Kier molecular flexibility index (Phi) is 3.97. The molecule has 0 amide bonds. The number of piperidine rings is 1. The molecule has 4 atom stereocenters. The van der Waals surface area contributed by atoms with Crippen molar-refractivity contribution in [2.24, 2.45) is 11.7 Å². The molecule has 104 valence electrons. The van der Waals surface area contributed by atoms with Gasteiger partial charge in [-0.15, -0.1) is 0 Å². The monoisotopic (exact) mass is 322 g/mol. The molecule has 2 aliphatic rings. The molecule has 1 aromatic carbocycles. The fourth-order valence-corrected chi connectivity index (χ4v) is 4.14. The summed E-state index contributed by atoms with van der Waals surface area (Å²) in [6, 6.07) is 10.1. The number of likely N-dealkylation sites (tertiary alicyclic amines) is 1. The highest BCUT2D eigenvalue weighted by molar-refractivity contribution is 9.10. The van der Waals surface area contributed by atoms with Crippen LogP contribution in [-0.4, -0.2) is 23.5 Å². The van der Waals surface area contributed by atoms with Crippen LogP contribution in [0, 0.1) is 5.92 Å². The Morgan fingerprint density at radius 3 is 2.58 bits per heavy atom. The fourth-order valence-electron chi connectivity index (χ4n) is 3.87. The van der Waals surface area contributed by atoms with Gasteiger partial charge in [-0.1, -0.05) is 35.0 Å². The third kappa shape index (κ3) is 2.61. The first kappa shape index (κ1) is 13.6. The van der Waals surface area contributed by atoms with Crippen LogP contribution in [0.5, 0.6) is 0 Å². The number of fused-ring (bicyclic) bond motifs is 2. The van der Waals surface area contributed by atoms with Crippen molar-refractivity contribution in [2.75, 3.05) is 6.54 Å². The van der Waals surface area contributed by atoms with Crippen molar-refractivity contribution in [1.82, 2.24) is 4.90 Å². The van der Waals surface area contributed by atoms with Gasteiger partial charge in [-0.25, -0.2) is 0 Å². The number of nitrogens with zero attached hydrogens (tertiary/aromatic N) is 1. The predicted octanol–water partition coefficient (Wildman–Crippen LogP) is 3.71. The molecule has 2 bridgehead atoms. The molecule has 0 aromatic heterocycles. The van der Waals surface area contributed by atoms with E-state index in [1.807, 2.05) is 0 Å². The van der Waals surface area contributed by atoms with Gasteiger partial charge in [-0.2, -0.15) is 0 Å². The van der Waals surface area contributed by atoms with Crippen molar-refractivity contribution in [3.63, 3.8) is 0 Å². The van der Waals surface area contributed by atoms with Crippen molar-refractivity contribution in [2.45, 2.75) is 50.7 Å². The third-order valence-corrected chi connectivity index (χ3v) is 5.43. The minimum atomic E-state index is 0.237. The summed E-state index contributed by atoms with van der Waals surface area (Å²) >= 11 is 3.52. The molecule has 1 saturated carbocycles. The van der Waals surface area contributed by atoms with Gasteiger partial charge in [-0.3, -0.25) is 4.90 Å². The average Bonchev–Trinajstić information content (AvgIpc) is 3.03. The maximum Gasteiger partial charge on any atom is 0.0502 e. The number of halogens is 1. The SMILES string of the molecule is CCC(N)C(c1ccc(Br)cc1)N1CC2CCC1C2. The lowest BCUT2D eigenvalue weighted by Crippen LogP contribution is -2.44. The Labute approximate surface area is 124 Å². The lowest BCUT2D eigenvalue weighted by Gasteiger charge is -2.38. The molecular formula is C16H23BrN2. The van der Waals surface area contributed by atoms with E-state index in [1.54, 1.807) is 0 Å². The first-order chi connectivity index (χ1) is 9.19. The summed E-state index contributed by atoms with van der Waals surface area (Å²) in [6.45, 7) is 3.45. The van der Waals surface area contributed by atoms with Gasteiger partial charge in [0.2, 0.25) is 0 Å². The van der Waals surface area contributed by atoms with E-state index in [1.165, 1.54) is 31.4 Å². The molecule has 1 aliphatic heterocycles. The van der Waals surface area contributed by atoms with Crippen LogP contribution in [0.15, 0.2) is 28.7 Å². The maximum atomic E-state index is 6.45. The van der Waals surface area contributed by atoms with E-state index in [4.69, 9.17) is 5.73 Å². The number of rotatable bonds is 4. The summed E-state index contributed by atoms with van der Waals surface area (Å²) in [5.74, 6) is 0.923. The first-order valence-corrected chi connectivity index (χ1v) is 8.25. The van der Waals surface area contributed by atoms with Crippen LogP contribution in [0.2, 0.25) is 0 Å². The largest absolute Gasteiger partial charge is 0.326 e. The molecule has 2 nitrogen and oxygen atoms in total. The Morgan fingerprint density at radius 2 is 2.05 bits per heavy atom. The minimum Gasteiger partial charge on any atom is -0.326 e. The Hall–Kier alpha value is -0.380. The second-order valence-electron chi connectivity index (χ2n) is 6.10. The van der Waals surface area contributed by atoms with E-state index in [-0.39, 0.29) is 6.04 Å². The Bertz CT molecular complexity index is 431. The molecule has 1 aliphatic carbocycles. The highest BCUT2D eigenvalue weighted by atomic mass is 79.9. The lowest BCUT2D eigenvalue weighted by molar-refractivity contribution is 0.127. The first-order valence-electron chi connectivity index (χ1n) is 7.45. The van der Waals surface area contributed by atoms with E-state index >= 15 is 0 Å². The number of hydrogen-bond acceptors (Lipinski definition) is 2. The van der Waals surface area contributed by atoms with Gasteiger partial charge >= 0.3 is 0 Å². The van der Waals surface area contributed by atoms with Crippen molar-refractivity contribution < 1.29 is 0 Å². The summed E-state index contributed by atoms with van der Waals surface area (Å²) in [4.78, 5) is 2.69. The van der Waals surface area contributed by atoms with Gasteiger partial charge in [-0.05, 0) is 49.3 Å². The molecule has 1 aromatic rings. The molecule has 0 radical (unpaired) electrons. The molecule has 3 rings (SSSR count). The summed E-state index contributed by atoms with van der Waals surface area (Å²) in [5, 5.41) is 0. The van der Waals surface area contributed by atoms with Crippen LogP contribution in [0.3, 0.4) is 0 Å². The van der Waals surface area contributed by atoms with Crippen LogP contribution < -0.4 is 5.73 Å². The quantitative estimate of drug-likeness (QED) is 0.915. The average molecular weight is 323 g/mol. The predicted molar refractivity (Wildman–Crippen MR) is 83.0 cm³/mol. The van der Waals surface area contributed by atoms with E-state index in [0.29, 0.717) is 6.04 Å². The van der Waals surface area contributed by atoms with Gasteiger partial charge in [0.15, 0.2) is 0 Å². The summed E-state index contributed by atoms with van der Waals surface area (Å²) < 4.78 is 1.14. The topological polar surface area (TPSA) is 29.3 Å². The minimum absolute atomic E-state index is 0.237. The van der Waals surface area contributed by atoms with Crippen LogP contribution >= 0.6 is 15.9 Å². The van der Waals surface area contributed by atoms with E-state index in [2.05, 4.69) is 52.0 Å². The fraction of sp³-hybridized carbons (Fsp3) is 0.625. The Balaban J connectivity index is 1.87. The number of hydrogen-bond donors (Lipinski definition) is 1. The van der Waals surface area contributed by atoms with E-state index in [9.17, 15) is 0 Å². The van der Waals surface area contributed by atoms with Gasteiger partial charge in [0.25, 0.3) is 0 Å². The lowest BCUT2D eigenvalue weighted by atomic mass is 9.94. The molecule has 2 fully saturated rings. The molecule has 4 unspecified atom stereocenters. The molecule has 2 N–H and O–H groups in total. The molecule has 1 heterocycles. The smallest absolute Gasteiger partial charge is 0.0502 e. The van der Waals surface area contributed by atoms with Crippen LogP contribution in [0.1, 0.15) is 44.2 Å². The van der Waals surface area contributed by atoms with Crippen molar-refractivity contribution in [3.8, 4) is 0 Å². The van der Waals surface area contributed by atoms with Gasteiger partial charge in [0.1, 0.15) is 0 Å². The van der Waals surface area contributed by atoms with Crippen molar-refractivity contribution >= 4 is 15.9 Å². The van der Waals surface area contributed by atoms with Gasteiger partial charge < -0.3 is 5.73 Å². The van der Waals surface area contributed by atoms with E-state index < -0.39 is 0 Å². The number of benzene rings is 1. The second-order valence-corrected chi connectivity index (χ2v) is 7.01. The van der Waals surface area contributed by atoms with Crippen LogP contribution in [0.25, 0.3) is 0 Å². The Morgan fingerprint density at radius 1 is 1.32 bits per heavy atom. The summed E-state index contributed by atoms with van der Waals surface area (Å²) in [5.41, 5.74) is 7.83. The summed E-state index contributed by atoms with van der Waals surface area (Å²) in [7, 11) is 0. The molecule has 19 heavy (non-hydrogen) atoms. The van der Waals surface area contributed by atoms with Crippen molar-refractivity contribution in [3.05, 3.63) is 34.3 Å². The third-order valence-electron chi connectivity index (χ3n) is 4.90. The standard InChI is InChI=1S/C16H23BrN2/c1-2-15(18)16(12-4-6-13(17)7-5-12)19-10-11-3-8-14(19)9-11/h4-7,11,14-16H,2-3,8-10,18H2,1H3. The summed E-state index contributed by atoms with van der Waals surface area (Å²) in [6.07, 6.45) is 5.22. The highest BCUT2D eigenvalue weighted by Gasteiger charge is 2.42. The van der Waals surface area contributed by atoms with Gasteiger partial charge in [0, 0.05) is 23.1 Å². The maximum absolute atomic E-state index is 6.45. The molecule has 0 spiro atoms. The van der Waals surface area contributed by atoms with Crippen LogP contribution in [0.4, 0.5) is 0 Å². The second kappa shape index (κ2) is 5.55. The van der Waals surface area contributed by atoms with Crippen molar-refractivity contribution in [1.29, 1.82) is 0 Å². The zero-order valence-electron chi connectivity index (χ0n) is 11.6. The molecule has 3 heteroatoms. The zero-order chi connectivity index (χ0) is 13.4.